The molecule has 3 rings (SSSR count). The van der Waals surface area contributed by atoms with Gasteiger partial charge in [-0.1, -0.05) is 11.8 Å². The van der Waals surface area contributed by atoms with Gasteiger partial charge in [-0.3, -0.25) is 14.4 Å². The summed E-state index contributed by atoms with van der Waals surface area (Å²) in [6, 6.07) is 8.16. The number of ether oxygens (including phenoxy) is 1. The second kappa shape index (κ2) is 9.45. The number of Topliss-reactive ketones (excluding diaryl/α,β-unsaturated/α-hetero) is 1. The average Bonchev–Trinajstić information content (AvgIpc) is 3.13. The number of carbonyl (C=O) groups excluding carboxylic acids is 2. The van der Waals surface area contributed by atoms with Crippen molar-refractivity contribution in [2.75, 3.05) is 12.4 Å². The first-order valence-corrected chi connectivity index (χ1v) is 10.1. The first-order chi connectivity index (χ1) is 14.4. The van der Waals surface area contributed by atoms with Crippen molar-refractivity contribution in [1.82, 2.24) is 14.1 Å². The van der Waals surface area contributed by atoms with Crippen molar-refractivity contribution in [3.63, 3.8) is 0 Å². The van der Waals surface area contributed by atoms with Crippen molar-refractivity contribution in [1.29, 1.82) is 0 Å². The van der Waals surface area contributed by atoms with Gasteiger partial charge in [0.25, 0.3) is 0 Å². The molecule has 8 nitrogen and oxygen atoms in total. The normalized spacial score (nSPS) is 10.6. The highest BCUT2D eigenvalue weighted by molar-refractivity contribution is 7.98. The lowest BCUT2D eigenvalue weighted by atomic mass is 10.1. The van der Waals surface area contributed by atoms with E-state index in [0.717, 1.165) is 5.16 Å². The number of benzene rings is 1. The molecule has 30 heavy (non-hydrogen) atoms. The van der Waals surface area contributed by atoms with Crippen molar-refractivity contribution in [2.45, 2.75) is 24.4 Å². The van der Waals surface area contributed by atoms with Crippen LogP contribution < -0.4 is 15.5 Å². The quantitative estimate of drug-likeness (QED) is 0.440. The molecule has 3 aromatic rings. The van der Waals surface area contributed by atoms with E-state index in [4.69, 9.17) is 4.74 Å². The maximum absolute atomic E-state index is 12.6. The zero-order valence-corrected chi connectivity index (χ0v) is 17.7. The molecule has 1 aromatic carbocycles. The zero-order valence-electron chi connectivity index (χ0n) is 16.9. The third kappa shape index (κ3) is 5.18. The summed E-state index contributed by atoms with van der Waals surface area (Å²) in [5, 5.41) is 3.61. The molecule has 1 amide bonds. The number of hydrogen-bond donors (Lipinski definition) is 1. The van der Waals surface area contributed by atoms with Crippen LogP contribution in [-0.4, -0.2) is 32.9 Å². The Morgan fingerprint density at radius 1 is 1.23 bits per heavy atom. The number of ketones is 1. The first kappa shape index (κ1) is 21.4. The zero-order chi connectivity index (χ0) is 21.7. The Balaban J connectivity index is 1.77. The van der Waals surface area contributed by atoms with Crippen molar-refractivity contribution >= 4 is 29.1 Å². The van der Waals surface area contributed by atoms with Crippen LogP contribution in [0.4, 0.5) is 5.69 Å². The third-order valence-corrected chi connectivity index (χ3v) is 5.51. The predicted molar refractivity (Wildman–Crippen MR) is 115 cm³/mol. The molecule has 0 unspecified atom stereocenters. The number of thioether (sulfide) groups is 1. The molecule has 0 atom stereocenters. The Morgan fingerprint density at radius 3 is 2.57 bits per heavy atom. The molecular weight excluding hydrogens is 404 g/mol. The van der Waals surface area contributed by atoms with E-state index in [0.29, 0.717) is 22.7 Å². The van der Waals surface area contributed by atoms with Gasteiger partial charge in [0, 0.05) is 48.2 Å². The molecular formula is C21H22N4O4S. The van der Waals surface area contributed by atoms with E-state index in [9.17, 15) is 14.4 Å². The second-order valence-electron chi connectivity index (χ2n) is 6.62. The van der Waals surface area contributed by atoms with Crippen molar-refractivity contribution in [3.05, 3.63) is 70.4 Å². The number of nitrogens with one attached hydrogen (secondary N) is 1. The SMILES string of the molecule is COc1cn(CC(=O)Nc2ccc(C(C)=O)cc2)c(CSc2nccn2C)cc1=O. The lowest BCUT2D eigenvalue weighted by Gasteiger charge is -2.15. The predicted octanol–water partition coefficient (Wildman–Crippen LogP) is 2.72. The lowest BCUT2D eigenvalue weighted by Crippen LogP contribution is -2.22. The van der Waals surface area contributed by atoms with Gasteiger partial charge in [0.05, 0.1) is 13.3 Å². The van der Waals surface area contributed by atoms with Gasteiger partial charge in [0.15, 0.2) is 16.7 Å². The van der Waals surface area contributed by atoms with Crippen LogP contribution >= 0.6 is 11.8 Å². The number of imidazole rings is 1. The summed E-state index contributed by atoms with van der Waals surface area (Å²) in [5.41, 5.74) is 1.59. The number of rotatable bonds is 8. The first-order valence-electron chi connectivity index (χ1n) is 9.15. The van der Waals surface area contributed by atoms with Crippen LogP contribution in [-0.2, 0) is 24.1 Å². The number of nitrogens with zero attached hydrogens (tertiary/aromatic N) is 3. The monoisotopic (exact) mass is 426 g/mol. The van der Waals surface area contributed by atoms with Gasteiger partial charge in [0.1, 0.15) is 6.54 Å². The molecule has 0 radical (unpaired) electrons. The van der Waals surface area contributed by atoms with Gasteiger partial charge >= 0.3 is 0 Å². The Bertz CT molecular complexity index is 1120. The minimum Gasteiger partial charge on any atom is -0.491 e. The molecule has 0 fully saturated rings. The minimum absolute atomic E-state index is 0.00155. The number of aromatic nitrogens is 3. The smallest absolute Gasteiger partial charge is 0.244 e. The fourth-order valence-corrected chi connectivity index (χ4v) is 3.72. The Kier molecular flexibility index (Phi) is 6.73. The maximum atomic E-state index is 12.6. The number of methoxy groups -OCH3 is 1. The summed E-state index contributed by atoms with van der Waals surface area (Å²) in [7, 11) is 3.31. The molecule has 0 saturated heterocycles. The lowest BCUT2D eigenvalue weighted by molar-refractivity contribution is -0.116. The number of anilines is 1. The summed E-state index contributed by atoms with van der Waals surface area (Å²) < 4.78 is 8.70. The number of aryl methyl sites for hydroxylation is 1. The van der Waals surface area contributed by atoms with E-state index in [1.165, 1.54) is 38.1 Å². The number of amides is 1. The Labute approximate surface area is 177 Å². The van der Waals surface area contributed by atoms with E-state index < -0.39 is 0 Å². The molecule has 0 aliphatic heterocycles. The molecule has 2 heterocycles. The molecule has 0 bridgehead atoms. The van der Waals surface area contributed by atoms with E-state index in [-0.39, 0.29) is 29.4 Å². The highest BCUT2D eigenvalue weighted by Gasteiger charge is 2.12. The Hall–Kier alpha value is -3.33. The van der Waals surface area contributed by atoms with Crippen LogP contribution in [0.15, 0.2) is 58.9 Å². The molecule has 1 N–H and O–H groups in total. The minimum atomic E-state index is -0.264. The summed E-state index contributed by atoms with van der Waals surface area (Å²) in [6.07, 6.45) is 5.08. The molecule has 156 valence electrons. The van der Waals surface area contributed by atoms with Crippen molar-refractivity contribution in [2.24, 2.45) is 7.05 Å². The summed E-state index contributed by atoms with van der Waals surface area (Å²) in [4.78, 5) is 40.4. The van der Waals surface area contributed by atoms with Crippen LogP contribution in [0.5, 0.6) is 5.75 Å². The fraction of sp³-hybridized carbons (Fsp3) is 0.238. The number of carbonyl (C=O) groups is 2. The molecule has 0 spiro atoms. The average molecular weight is 426 g/mol. The highest BCUT2D eigenvalue weighted by atomic mass is 32.2. The van der Waals surface area contributed by atoms with Gasteiger partial charge in [-0.25, -0.2) is 4.98 Å². The van der Waals surface area contributed by atoms with Crippen LogP contribution in [0.1, 0.15) is 23.0 Å². The fourth-order valence-electron chi connectivity index (χ4n) is 2.79. The van der Waals surface area contributed by atoms with E-state index >= 15 is 0 Å². The Morgan fingerprint density at radius 2 is 1.97 bits per heavy atom. The number of pyridine rings is 1. The topological polar surface area (TPSA) is 95.2 Å². The van der Waals surface area contributed by atoms with Crippen LogP contribution in [0, 0.1) is 0 Å². The molecule has 0 aliphatic rings. The third-order valence-electron chi connectivity index (χ3n) is 4.42. The molecule has 0 aliphatic carbocycles. The van der Waals surface area contributed by atoms with Gasteiger partial charge < -0.3 is 19.2 Å². The van der Waals surface area contributed by atoms with Crippen LogP contribution in [0.25, 0.3) is 0 Å². The highest BCUT2D eigenvalue weighted by Crippen LogP contribution is 2.21. The molecule has 0 saturated carbocycles. The molecule has 2 aromatic heterocycles. The van der Waals surface area contributed by atoms with Gasteiger partial charge in [-0.2, -0.15) is 0 Å². The standard InChI is InChI=1S/C21H22N4O4S/c1-14(26)15-4-6-16(7-5-15)23-20(28)12-25-11-19(29-3)18(27)10-17(25)13-30-21-22-8-9-24(21)2/h4-11H,12-13H2,1-3H3,(H,23,28). The van der Waals surface area contributed by atoms with Crippen LogP contribution in [0.2, 0.25) is 0 Å². The molecule has 9 heteroatoms. The van der Waals surface area contributed by atoms with Gasteiger partial charge in [-0.05, 0) is 31.2 Å². The second-order valence-corrected chi connectivity index (χ2v) is 7.56. The van der Waals surface area contributed by atoms with Crippen LogP contribution in [0.3, 0.4) is 0 Å². The van der Waals surface area contributed by atoms with Crippen molar-refractivity contribution in [3.8, 4) is 5.75 Å². The summed E-state index contributed by atoms with van der Waals surface area (Å²) >= 11 is 1.47. The maximum Gasteiger partial charge on any atom is 0.244 e. The number of hydrogen-bond acceptors (Lipinski definition) is 6. The van der Waals surface area contributed by atoms with Gasteiger partial charge in [0.2, 0.25) is 11.3 Å². The largest absolute Gasteiger partial charge is 0.491 e. The van der Waals surface area contributed by atoms with E-state index in [1.807, 2.05) is 17.8 Å². The van der Waals surface area contributed by atoms with E-state index in [2.05, 4.69) is 10.3 Å². The summed E-state index contributed by atoms with van der Waals surface area (Å²) in [5.74, 6) is 0.326. The van der Waals surface area contributed by atoms with E-state index in [1.54, 1.807) is 35.0 Å². The van der Waals surface area contributed by atoms with Crippen molar-refractivity contribution < 1.29 is 14.3 Å². The summed E-state index contributed by atoms with van der Waals surface area (Å²) in [6.45, 7) is 1.49. The van der Waals surface area contributed by atoms with Gasteiger partial charge in [-0.15, -0.1) is 0 Å².